The van der Waals surface area contributed by atoms with E-state index in [2.05, 4.69) is 4.74 Å². The second-order valence-corrected chi connectivity index (χ2v) is 4.98. The quantitative estimate of drug-likeness (QED) is 0.694. The summed E-state index contributed by atoms with van der Waals surface area (Å²) in [5.74, 6) is -0.535. The highest BCUT2D eigenvalue weighted by atomic mass is 16.6. The summed E-state index contributed by atoms with van der Waals surface area (Å²) in [7, 11) is 1.25. The van der Waals surface area contributed by atoms with Crippen molar-refractivity contribution in [2.24, 2.45) is 0 Å². The van der Waals surface area contributed by atoms with Crippen LogP contribution in [0.5, 0.6) is 0 Å². The molecule has 1 amide bonds. The molecule has 1 rings (SSSR count). The normalized spacial score (nSPS) is 24.6. The highest BCUT2D eigenvalue weighted by Gasteiger charge is 2.42. The summed E-state index contributed by atoms with van der Waals surface area (Å²) in [4.78, 5) is 24.3. The fourth-order valence-electron chi connectivity index (χ4n) is 1.72. The molecule has 0 bridgehead atoms. The first kappa shape index (κ1) is 13.8. The molecule has 0 aliphatic carbocycles. The lowest BCUT2D eigenvalue weighted by Crippen LogP contribution is -2.47. The Hall–Kier alpha value is -1.30. The molecule has 0 saturated carbocycles. The van der Waals surface area contributed by atoms with E-state index in [1.54, 1.807) is 20.8 Å². The summed E-state index contributed by atoms with van der Waals surface area (Å²) in [6, 6.07) is -0.759. The summed E-state index contributed by atoms with van der Waals surface area (Å²) in [6.07, 6.45) is -0.960. The van der Waals surface area contributed by atoms with Gasteiger partial charge >= 0.3 is 12.1 Å². The maximum Gasteiger partial charge on any atom is 0.413 e. The predicted molar refractivity (Wildman–Crippen MR) is 59.1 cm³/mol. The van der Waals surface area contributed by atoms with E-state index in [0.717, 1.165) is 4.90 Å². The minimum atomic E-state index is -0.992. The molecule has 0 spiro atoms. The molecule has 2 unspecified atom stereocenters. The van der Waals surface area contributed by atoms with E-state index in [9.17, 15) is 14.7 Å². The van der Waals surface area contributed by atoms with E-state index in [1.165, 1.54) is 7.11 Å². The van der Waals surface area contributed by atoms with Gasteiger partial charge in [-0.25, -0.2) is 9.59 Å². The standard InChI is InChI=1S/C11H19NO5/c1-11(2,3)17-10(15)12-7(9(14)16-4)5-6-8(12)13/h7-8,13H,5-6H2,1-4H3. The van der Waals surface area contributed by atoms with E-state index >= 15 is 0 Å². The summed E-state index contributed by atoms with van der Waals surface area (Å²) in [5, 5.41) is 9.69. The lowest BCUT2D eigenvalue weighted by molar-refractivity contribution is -0.147. The zero-order valence-corrected chi connectivity index (χ0v) is 10.6. The van der Waals surface area contributed by atoms with Gasteiger partial charge in [-0.3, -0.25) is 4.90 Å². The van der Waals surface area contributed by atoms with Crippen LogP contribution in [0.15, 0.2) is 0 Å². The molecule has 98 valence electrons. The van der Waals surface area contributed by atoms with Gasteiger partial charge in [-0.2, -0.15) is 0 Å². The third kappa shape index (κ3) is 3.33. The number of aliphatic hydroxyl groups excluding tert-OH is 1. The van der Waals surface area contributed by atoms with Gasteiger partial charge in [0.05, 0.1) is 7.11 Å². The average molecular weight is 245 g/mol. The molecule has 1 heterocycles. The first-order valence-electron chi connectivity index (χ1n) is 5.53. The third-order valence-electron chi connectivity index (χ3n) is 2.43. The van der Waals surface area contributed by atoms with Crippen molar-refractivity contribution in [3.63, 3.8) is 0 Å². The van der Waals surface area contributed by atoms with Gasteiger partial charge in [-0.05, 0) is 33.6 Å². The number of carbonyl (C=O) groups is 2. The van der Waals surface area contributed by atoms with Crippen LogP contribution < -0.4 is 0 Å². The molecule has 1 saturated heterocycles. The van der Waals surface area contributed by atoms with Crippen molar-refractivity contribution in [3.05, 3.63) is 0 Å². The van der Waals surface area contributed by atoms with Crippen molar-refractivity contribution in [1.82, 2.24) is 4.90 Å². The van der Waals surface area contributed by atoms with Gasteiger partial charge in [0.2, 0.25) is 0 Å². The van der Waals surface area contributed by atoms with Gasteiger partial charge in [0.15, 0.2) is 0 Å². The SMILES string of the molecule is COC(=O)C1CCC(O)N1C(=O)OC(C)(C)C. The number of likely N-dealkylation sites (tertiary alicyclic amines) is 1. The highest BCUT2D eigenvalue weighted by molar-refractivity contribution is 5.82. The Kier molecular flexibility index (Phi) is 3.98. The van der Waals surface area contributed by atoms with Crippen molar-refractivity contribution >= 4 is 12.1 Å². The summed E-state index contributed by atoms with van der Waals surface area (Å²) in [6.45, 7) is 5.17. The minimum Gasteiger partial charge on any atom is -0.467 e. The lowest BCUT2D eigenvalue weighted by Gasteiger charge is -2.29. The van der Waals surface area contributed by atoms with Crippen LogP contribution in [0, 0.1) is 0 Å². The van der Waals surface area contributed by atoms with Crippen LogP contribution in [0.3, 0.4) is 0 Å². The van der Waals surface area contributed by atoms with Crippen LogP contribution in [-0.4, -0.2) is 47.0 Å². The fraction of sp³-hybridized carbons (Fsp3) is 0.818. The molecule has 6 nitrogen and oxygen atoms in total. The second kappa shape index (κ2) is 4.91. The maximum atomic E-state index is 11.8. The zero-order chi connectivity index (χ0) is 13.2. The first-order chi connectivity index (χ1) is 7.76. The minimum absolute atomic E-state index is 0.346. The number of ether oxygens (including phenoxy) is 2. The Morgan fingerprint density at radius 1 is 1.29 bits per heavy atom. The molecule has 1 fully saturated rings. The number of hydrogen-bond acceptors (Lipinski definition) is 5. The van der Waals surface area contributed by atoms with Crippen LogP contribution in [0.4, 0.5) is 4.79 Å². The largest absolute Gasteiger partial charge is 0.467 e. The van der Waals surface area contributed by atoms with Crippen molar-refractivity contribution in [2.45, 2.75) is 51.5 Å². The zero-order valence-electron chi connectivity index (χ0n) is 10.6. The smallest absolute Gasteiger partial charge is 0.413 e. The molecule has 0 aromatic rings. The summed E-state index contributed by atoms with van der Waals surface area (Å²) in [5.41, 5.74) is -0.667. The molecule has 17 heavy (non-hydrogen) atoms. The number of esters is 1. The Bertz CT molecular complexity index is 309. The van der Waals surface area contributed by atoms with Crippen LogP contribution in [0.25, 0.3) is 0 Å². The predicted octanol–water partition coefficient (Wildman–Crippen LogP) is 0.877. The molecule has 2 atom stereocenters. The number of aliphatic hydroxyl groups is 1. The lowest BCUT2D eigenvalue weighted by atomic mass is 10.2. The van der Waals surface area contributed by atoms with E-state index in [1.807, 2.05) is 0 Å². The molecular formula is C11H19NO5. The number of carbonyl (C=O) groups excluding carboxylic acids is 2. The van der Waals surface area contributed by atoms with Crippen molar-refractivity contribution < 1.29 is 24.2 Å². The van der Waals surface area contributed by atoms with Gasteiger partial charge in [0.1, 0.15) is 17.9 Å². The van der Waals surface area contributed by atoms with Crippen molar-refractivity contribution in [1.29, 1.82) is 0 Å². The number of amides is 1. The molecule has 0 radical (unpaired) electrons. The number of nitrogens with zero attached hydrogens (tertiary/aromatic N) is 1. The van der Waals surface area contributed by atoms with E-state index < -0.39 is 29.9 Å². The molecular weight excluding hydrogens is 226 g/mol. The van der Waals surface area contributed by atoms with Gasteiger partial charge in [-0.1, -0.05) is 0 Å². The van der Waals surface area contributed by atoms with Crippen LogP contribution >= 0.6 is 0 Å². The van der Waals surface area contributed by atoms with Crippen LogP contribution in [0.1, 0.15) is 33.6 Å². The Morgan fingerprint density at radius 2 is 1.88 bits per heavy atom. The monoisotopic (exact) mass is 245 g/mol. The van der Waals surface area contributed by atoms with Gasteiger partial charge < -0.3 is 14.6 Å². The number of rotatable bonds is 1. The molecule has 0 aromatic heterocycles. The first-order valence-corrected chi connectivity index (χ1v) is 5.53. The summed E-state index contributed by atoms with van der Waals surface area (Å²) < 4.78 is 9.73. The number of hydrogen-bond donors (Lipinski definition) is 1. The van der Waals surface area contributed by atoms with Crippen molar-refractivity contribution in [3.8, 4) is 0 Å². The highest BCUT2D eigenvalue weighted by Crippen LogP contribution is 2.25. The molecule has 0 aromatic carbocycles. The number of methoxy groups -OCH3 is 1. The van der Waals surface area contributed by atoms with Gasteiger partial charge in [-0.15, -0.1) is 0 Å². The third-order valence-corrected chi connectivity index (χ3v) is 2.43. The van der Waals surface area contributed by atoms with E-state index in [-0.39, 0.29) is 0 Å². The summed E-state index contributed by atoms with van der Waals surface area (Å²) >= 11 is 0. The molecule has 1 aliphatic rings. The van der Waals surface area contributed by atoms with E-state index in [4.69, 9.17) is 4.74 Å². The van der Waals surface area contributed by atoms with Crippen molar-refractivity contribution in [2.75, 3.05) is 7.11 Å². The van der Waals surface area contributed by atoms with E-state index in [0.29, 0.717) is 12.8 Å². The Labute approximate surface area is 100 Å². The van der Waals surface area contributed by atoms with Gasteiger partial charge in [0, 0.05) is 0 Å². The fourth-order valence-corrected chi connectivity index (χ4v) is 1.72. The van der Waals surface area contributed by atoms with Crippen LogP contribution in [-0.2, 0) is 14.3 Å². The topological polar surface area (TPSA) is 76.1 Å². The second-order valence-electron chi connectivity index (χ2n) is 4.98. The van der Waals surface area contributed by atoms with Gasteiger partial charge in [0.25, 0.3) is 0 Å². The Morgan fingerprint density at radius 3 is 2.35 bits per heavy atom. The molecule has 6 heteroatoms. The Balaban J connectivity index is 2.78. The molecule has 1 aliphatic heterocycles. The average Bonchev–Trinajstić information content (AvgIpc) is 2.56. The maximum absolute atomic E-state index is 11.8. The molecule has 1 N–H and O–H groups in total. The van der Waals surface area contributed by atoms with Crippen LogP contribution in [0.2, 0.25) is 0 Å².